The lowest BCUT2D eigenvalue weighted by Gasteiger charge is -2.29. The molecular weight excluding hydrogens is 566 g/mol. The van der Waals surface area contributed by atoms with Crippen molar-refractivity contribution in [2.24, 2.45) is 5.92 Å². The molecule has 1 saturated carbocycles. The molecule has 0 bridgehead atoms. The molecular formula is C35H34ClNO4S. The van der Waals surface area contributed by atoms with Gasteiger partial charge >= 0.3 is 5.97 Å². The zero-order valence-electron chi connectivity index (χ0n) is 23.9. The Balaban J connectivity index is 1.37. The fourth-order valence-corrected chi connectivity index (χ4v) is 6.26. The number of amides is 1. The molecule has 5 rings (SSSR count). The average Bonchev–Trinajstić information content (AvgIpc) is 3.67. The third-order valence-electron chi connectivity index (χ3n) is 7.92. The smallest absolute Gasteiger partial charge is 0.329 e. The van der Waals surface area contributed by atoms with Gasteiger partial charge in [0.2, 0.25) is 0 Å². The summed E-state index contributed by atoms with van der Waals surface area (Å²) in [5.41, 5.74) is 3.54. The Hall–Kier alpha value is -3.74. The average molecular weight is 600 g/mol. The van der Waals surface area contributed by atoms with Crippen LogP contribution in [0.4, 0.5) is 0 Å². The maximum Gasteiger partial charge on any atom is 0.329 e. The van der Waals surface area contributed by atoms with Crippen LogP contribution in [-0.2, 0) is 4.79 Å². The molecule has 2 aliphatic rings. The molecule has 3 aromatic carbocycles. The van der Waals surface area contributed by atoms with Crippen molar-refractivity contribution < 1.29 is 19.4 Å². The molecule has 3 atom stereocenters. The number of hydrogen-bond donors (Lipinski definition) is 2. The first-order chi connectivity index (χ1) is 20.1. The molecule has 1 fully saturated rings. The Morgan fingerprint density at radius 1 is 1.10 bits per heavy atom. The van der Waals surface area contributed by atoms with Crippen LogP contribution in [0.3, 0.4) is 0 Å². The molecule has 1 amide bonds. The van der Waals surface area contributed by atoms with Gasteiger partial charge in [-0.15, -0.1) is 0 Å². The number of aryl methyl sites for hydroxylation is 1. The summed E-state index contributed by atoms with van der Waals surface area (Å²) in [5, 5.41) is 13.5. The summed E-state index contributed by atoms with van der Waals surface area (Å²) in [6.07, 6.45) is 13.4. The van der Waals surface area contributed by atoms with Gasteiger partial charge in [-0.25, -0.2) is 4.79 Å². The van der Waals surface area contributed by atoms with Gasteiger partial charge in [-0.2, -0.15) is 11.8 Å². The van der Waals surface area contributed by atoms with E-state index in [1.807, 2.05) is 99.0 Å². The van der Waals surface area contributed by atoms with Crippen LogP contribution in [0.1, 0.15) is 41.3 Å². The van der Waals surface area contributed by atoms with E-state index in [-0.39, 0.29) is 11.8 Å². The van der Waals surface area contributed by atoms with Gasteiger partial charge in [0.05, 0.1) is 0 Å². The largest absolute Gasteiger partial charge is 0.483 e. The minimum Gasteiger partial charge on any atom is -0.483 e. The van der Waals surface area contributed by atoms with Crippen LogP contribution in [0.25, 0.3) is 17.2 Å². The van der Waals surface area contributed by atoms with E-state index in [1.54, 1.807) is 17.8 Å². The number of allylic oxidation sites excluding steroid dienone is 3. The number of halogens is 1. The van der Waals surface area contributed by atoms with Gasteiger partial charge in [0.25, 0.3) is 5.91 Å². The first-order valence-electron chi connectivity index (χ1n) is 13.9. The van der Waals surface area contributed by atoms with Crippen molar-refractivity contribution in [1.82, 2.24) is 5.32 Å². The van der Waals surface area contributed by atoms with Crippen molar-refractivity contribution >= 4 is 41.3 Å². The summed E-state index contributed by atoms with van der Waals surface area (Å²) >= 11 is 7.59. The van der Waals surface area contributed by atoms with Crippen LogP contribution >= 0.6 is 23.4 Å². The van der Waals surface area contributed by atoms with Gasteiger partial charge in [-0.05, 0) is 103 Å². The van der Waals surface area contributed by atoms with Crippen LogP contribution in [-0.4, -0.2) is 40.1 Å². The van der Waals surface area contributed by atoms with Crippen molar-refractivity contribution in [2.45, 2.75) is 37.8 Å². The summed E-state index contributed by atoms with van der Waals surface area (Å²) in [4.78, 5) is 25.7. The summed E-state index contributed by atoms with van der Waals surface area (Å²) in [6, 6.07) is 21.0. The number of aliphatic carboxylic acids is 1. The lowest BCUT2D eigenvalue weighted by Crippen LogP contribution is -2.45. The molecule has 0 radical (unpaired) electrons. The number of carboxylic acid groups (broad SMARTS) is 1. The number of nitrogens with one attached hydrogen (secondary N) is 1. The molecule has 42 heavy (non-hydrogen) atoms. The minimum atomic E-state index is -1.20. The minimum absolute atomic E-state index is 0.0756. The highest BCUT2D eigenvalue weighted by molar-refractivity contribution is 7.98. The molecule has 7 heteroatoms. The van der Waals surface area contributed by atoms with Crippen LogP contribution in [0.2, 0.25) is 5.02 Å². The molecule has 2 N–H and O–H groups in total. The van der Waals surface area contributed by atoms with E-state index in [1.165, 1.54) is 0 Å². The Kier molecular flexibility index (Phi) is 8.67. The zero-order valence-corrected chi connectivity index (χ0v) is 25.5. The topological polar surface area (TPSA) is 75.6 Å². The molecule has 2 aliphatic carbocycles. The number of ether oxygens (including phenoxy) is 1. The molecule has 0 aromatic heterocycles. The number of thioether (sulfide) groups is 1. The lowest BCUT2D eigenvalue weighted by atomic mass is 9.92. The molecule has 0 aliphatic heterocycles. The number of benzene rings is 3. The molecule has 0 saturated heterocycles. The molecule has 0 heterocycles. The maximum absolute atomic E-state index is 13.5. The number of carbonyl (C=O) groups excluding carboxylic acids is 1. The Bertz CT molecular complexity index is 1590. The zero-order chi connectivity index (χ0) is 29.9. The number of carbonyl (C=O) groups is 2. The van der Waals surface area contributed by atoms with Gasteiger partial charge in [0.15, 0.2) is 0 Å². The fourth-order valence-electron chi connectivity index (χ4n) is 5.32. The van der Waals surface area contributed by atoms with Gasteiger partial charge in [0.1, 0.15) is 16.9 Å². The van der Waals surface area contributed by atoms with E-state index >= 15 is 0 Å². The normalized spacial score (nSPS) is 23.0. The summed E-state index contributed by atoms with van der Waals surface area (Å²) in [6.45, 7) is 4.06. The maximum atomic E-state index is 13.5. The van der Waals surface area contributed by atoms with Gasteiger partial charge in [-0.3, -0.25) is 4.79 Å². The standard InChI is InChI=1S/C35H34ClNO4S/c1-23-6-4-5-7-29(23)31-20-25(10-15-30(31)32(38)37-35(33(39)40)21-26(35)22-42-3)9-8-24-16-18-34(2,19-17-24)41-28-13-11-27(36)12-14-28/h4-18,20,26H,19,21-22H2,1-3H3,(H,37,38)(H,39,40)/b9-8+/t26-,34?,35?/m0/s1. The molecule has 216 valence electrons. The fraction of sp³-hybridized carbons (Fsp3) is 0.257. The van der Waals surface area contributed by atoms with E-state index in [2.05, 4.69) is 17.5 Å². The van der Waals surface area contributed by atoms with Crippen LogP contribution in [0.15, 0.2) is 96.6 Å². The van der Waals surface area contributed by atoms with E-state index in [0.717, 1.165) is 33.6 Å². The first-order valence-corrected chi connectivity index (χ1v) is 15.7. The van der Waals surface area contributed by atoms with Gasteiger partial charge in [0, 0.05) is 22.9 Å². The number of rotatable bonds is 10. The molecule has 5 nitrogen and oxygen atoms in total. The highest BCUT2D eigenvalue weighted by atomic mass is 35.5. The van der Waals surface area contributed by atoms with E-state index < -0.39 is 17.1 Å². The van der Waals surface area contributed by atoms with Crippen molar-refractivity contribution in [1.29, 1.82) is 0 Å². The molecule has 2 unspecified atom stereocenters. The highest BCUT2D eigenvalue weighted by Gasteiger charge is 2.61. The lowest BCUT2D eigenvalue weighted by molar-refractivity contribution is -0.140. The van der Waals surface area contributed by atoms with Crippen molar-refractivity contribution in [2.75, 3.05) is 12.0 Å². The van der Waals surface area contributed by atoms with E-state index in [0.29, 0.717) is 29.2 Å². The second-order valence-electron chi connectivity index (χ2n) is 11.2. The predicted octanol–water partition coefficient (Wildman–Crippen LogP) is 7.99. The quantitative estimate of drug-likeness (QED) is 0.247. The molecule has 3 aromatic rings. The van der Waals surface area contributed by atoms with E-state index in [9.17, 15) is 14.7 Å². The van der Waals surface area contributed by atoms with E-state index in [4.69, 9.17) is 16.3 Å². The van der Waals surface area contributed by atoms with Gasteiger partial charge in [-0.1, -0.05) is 66.2 Å². The van der Waals surface area contributed by atoms with Crippen molar-refractivity contribution in [3.05, 3.63) is 118 Å². The highest BCUT2D eigenvalue weighted by Crippen LogP contribution is 2.46. The van der Waals surface area contributed by atoms with Crippen LogP contribution in [0.5, 0.6) is 5.75 Å². The summed E-state index contributed by atoms with van der Waals surface area (Å²) < 4.78 is 6.20. The SMILES string of the molecule is CSC[C@@H]1CC1(NC(=O)c1ccc(/C=C/C2=CCC(C)(Oc3ccc(Cl)cc3)C=C2)cc1-c1ccccc1C)C(=O)O. The number of carboxylic acids is 1. The second-order valence-corrected chi connectivity index (χ2v) is 12.5. The van der Waals surface area contributed by atoms with Crippen molar-refractivity contribution in [3.8, 4) is 16.9 Å². The Labute approximate surface area is 256 Å². The predicted molar refractivity (Wildman–Crippen MR) is 172 cm³/mol. The summed E-state index contributed by atoms with van der Waals surface area (Å²) in [7, 11) is 0. The monoisotopic (exact) mass is 599 g/mol. The number of hydrogen-bond acceptors (Lipinski definition) is 4. The molecule has 0 spiro atoms. The summed E-state index contributed by atoms with van der Waals surface area (Å²) in [5.74, 6) is 0.0384. The van der Waals surface area contributed by atoms with Crippen molar-refractivity contribution in [3.63, 3.8) is 0 Å². The Morgan fingerprint density at radius 2 is 1.86 bits per heavy atom. The third kappa shape index (κ3) is 6.50. The first kappa shape index (κ1) is 29.7. The van der Waals surface area contributed by atoms with Gasteiger partial charge < -0.3 is 15.2 Å². The van der Waals surface area contributed by atoms with Crippen LogP contribution in [0, 0.1) is 12.8 Å². The second kappa shape index (κ2) is 12.2. The third-order valence-corrected chi connectivity index (χ3v) is 8.91. The Morgan fingerprint density at radius 3 is 2.52 bits per heavy atom. The van der Waals surface area contributed by atoms with Crippen LogP contribution < -0.4 is 10.1 Å².